The molecule has 1 aromatic carbocycles. The summed E-state index contributed by atoms with van der Waals surface area (Å²) >= 11 is 1.70. The maximum atomic E-state index is 13.1. The summed E-state index contributed by atoms with van der Waals surface area (Å²) in [6, 6.07) is 13.8. The predicted molar refractivity (Wildman–Crippen MR) is 99.1 cm³/mol. The van der Waals surface area contributed by atoms with E-state index < -0.39 is 0 Å². The monoisotopic (exact) mass is 364 g/mol. The summed E-state index contributed by atoms with van der Waals surface area (Å²) in [4.78, 5) is 14.4. The Balaban J connectivity index is 1.62. The first-order valence-electron chi connectivity index (χ1n) is 8.50. The Morgan fingerprint density at radius 3 is 2.69 bits per heavy atom. The number of fused-ring (bicyclic) bond motifs is 1. The number of benzene rings is 1. The molecule has 6 nitrogen and oxygen atoms in total. The smallest absolute Gasteiger partial charge is 0.219 e. The molecule has 2 atom stereocenters. The molecule has 0 bridgehead atoms. The third kappa shape index (κ3) is 2.52. The van der Waals surface area contributed by atoms with Crippen molar-refractivity contribution in [1.82, 2.24) is 10.3 Å². The van der Waals surface area contributed by atoms with Gasteiger partial charge in [0.05, 0.1) is 6.04 Å². The van der Waals surface area contributed by atoms with Gasteiger partial charge in [-0.2, -0.15) is 0 Å². The van der Waals surface area contributed by atoms with Crippen LogP contribution in [0, 0.1) is 0 Å². The maximum Gasteiger partial charge on any atom is 0.219 e. The van der Waals surface area contributed by atoms with Gasteiger partial charge in [-0.1, -0.05) is 36.4 Å². The number of carbonyl (C=O) groups is 1. The Labute approximate surface area is 153 Å². The summed E-state index contributed by atoms with van der Waals surface area (Å²) in [5.41, 5.74) is 2.68. The topological polar surface area (TPSA) is 80.1 Å². The Hall–Kier alpha value is -2.93. The lowest BCUT2D eigenvalue weighted by molar-refractivity contribution is -0.116. The van der Waals surface area contributed by atoms with Crippen LogP contribution in [0.1, 0.15) is 35.2 Å². The van der Waals surface area contributed by atoms with Gasteiger partial charge in [0.15, 0.2) is 5.78 Å². The van der Waals surface area contributed by atoms with Crippen molar-refractivity contribution in [3.05, 3.63) is 69.6 Å². The fraction of sp³-hybridized carbons (Fsp3) is 0.211. The van der Waals surface area contributed by atoms with Gasteiger partial charge in [-0.05, 0) is 33.7 Å². The Morgan fingerprint density at radius 1 is 1.04 bits per heavy atom. The molecule has 0 amide bonds. The lowest BCUT2D eigenvalue weighted by atomic mass is 9.81. The number of hydrogen-bond acceptors (Lipinski definition) is 7. The van der Waals surface area contributed by atoms with E-state index in [0.29, 0.717) is 18.1 Å². The van der Waals surface area contributed by atoms with Crippen LogP contribution < -0.4 is 10.6 Å². The molecule has 0 spiro atoms. The maximum absolute atomic E-state index is 13.1. The van der Waals surface area contributed by atoms with Crippen molar-refractivity contribution >= 4 is 28.8 Å². The van der Waals surface area contributed by atoms with Gasteiger partial charge < -0.3 is 10.6 Å². The molecule has 130 valence electrons. The summed E-state index contributed by atoms with van der Waals surface area (Å²) in [5.74, 6) is 1.39. The minimum Gasteiger partial charge on any atom is -0.353 e. The molecule has 0 radical (unpaired) electrons. The molecular weight excluding hydrogens is 348 g/mol. The normalized spacial score (nSPS) is 22.1. The third-order valence-corrected chi connectivity index (χ3v) is 5.95. The first-order valence-corrected chi connectivity index (χ1v) is 9.38. The SMILES string of the molecule is O=C1C[C@@H](c2cccs2)CC2=C1[C@@H](c1ccccc1)Nc1nonc1N2. The second-order valence-electron chi connectivity index (χ2n) is 6.51. The van der Waals surface area contributed by atoms with Crippen molar-refractivity contribution in [2.24, 2.45) is 0 Å². The Morgan fingerprint density at radius 2 is 1.88 bits per heavy atom. The van der Waals surface area contributed by atoms with Crippen LogP contribution in [-0.4, -0.2) is 16.1 Å². The van der Waals surface area contributed by atoms with Crippen LogP contribution in [0.5, 0.6) is 0 Å². The molecule has 0 fully saturated rings. The Kier molecular flexibility index (Phi) is 3.60. The van der Waals surface area contributed by atoms with Crippen molar-refractivity contribution in [1.29, 1.82) is 0 Å². The van der Waals surface area contributed by atoms with Gasteiger partial charge in [0, 0.05) is 28.5 Å². The van der Waals surface area contributed by atoms with Crippen molar-refractivity contribution in [3.8, 4) is 0 Å². The average Bonchev–Trinajstić information content (AvgIpc) is 3.31. The van der Waals surface area contributed by atoms with Gasteiger partial charge in [0.25, 0.3) is 0 Å². The zero-order valence-electron chi connectivity index (χ0n) is 13.8. The molecule has 3 heterocycles. The first kappa shape index (κ1) is 15.3. The lowest BCUT2D eigenvalue weighted by Gasteiger charge is -2.29. The Bertz CT molecular complexity index is 978. The number of rotatable bonds is 2. The molecule has 7 heteroatoms. The second kappa shape index (κ2) is 6.10. The van der Waals surface area contributed by atoms with Crippen LogP contribution in [0.3, 0.4) is 0 Å². The van der Waals surface area contributed by atoms with Gasteiger partial charge in [0.2, 0.25) is 11.6 Å². The lowest BCUT2D eigenvalue weighted by Crippen LogP contribution is -2.26. The molecule has 0 saturated heterocycles. The standard InChI is InChI=1S/C19H16N4O2S/c24-14-10-12(15-7-4-8-26-15)9-13-16(14)17(11-5-2-1-3-6-11)21-19-18(20-13)22-25-23-19/h1-8,12,17H,9-10H2,(H,20,22)(H,21,23)/t12-,17+/m0/s1. The number of nitrogens with zero attached hydrogens (tertiary/aromatic N) is 2. The molecule has 2 aromatic heterocycles. The summed E-state index contributed by atoms with van der Waals surface area (Å²) in [6.07, 6.45) is 1.28. The summed E-state index contributed by atoms with van der Waals surface area (Å²) in [5, 5.41) is 16.6. The van der Waals surface area contributed by atoms with Crippen molar-refractivity contribution in [2.75, 3.05) is 10.6 Å². The number of carbonyl (C=O) groups excluding carboxylic acids is 1. The van der Waals surface area contributed by atoms with E-state index in [-0.39, 0.29) is 17.7 Å². The average molecular weight is 364 g/mol. The van der Waals surface area contributed by atoms with Gasteiger partial charge in [-0.15, -0.1) is 11.3 Å². The predicted octanol–water partition coefficient (Wildman–Crippen LogP) is 4.11. The highest BCUT2D eigenvalue weighted by Gasteiger charge is 2.37. The minimum absolute atomic E-state index is 0.153. The highest BCUT2D eigenvalue weighted by Crippen LogP contribution is 2.43. The number of ketones is 1. The molecule has 0 unspecified atom stereocenters. The largest absolute Gasteiger partial charge is 0.353 e. The second-order valence-corrected chi connectivity index (χ2v) is 7.49. The number of thiophene rings is 1. The van der Waals surface area contributed by atoms with E-state index in [4.69, 9.17) is 4.63 Å². The number of allylic oxidation sites excluding steroid dienone is 1. The van der Waals surface area contributed by atoms with Gasteiger partial charge in [-0.25, -0.2) is 4.63 Å². The quantitative estimate of drug-likeness (QED) is 0.712. The minimum atomic E-state index is -0.274. The van der Waals surface area contributed by atoms with Crippen molar-refractivity contribution < 1.29 is 9.42 Å². The van der Waals surface area contributed by atoms with Gasteiger partial charge in [0.1, 0.15) is 0 Å². The molecule has 1 aliphatic carbocycles. The molecular formula is C19H16N4O2S. The number of hydrogen-bond donors (Lipinski definition) is 2. The zero-order valence-corrected chi connectivity index (χ0v) is 14.6. The van der Waals surface area contributed by atoms with Crippen molar-refractivity contribution in [2.45, 2.75) is 24.8 Å². The molecule has 1 aliphatic heterocycles. The molecule has 0 saturated carbocycles. The van der Waals surface area contributed by atoms with Crippen LogP contribution in [0.25, 0.3) is 0 Å². The fourth-order valence-electron chi connectivity index (χ4n) is 3.72. The van der Waals surface area contributed by atoms with Crippen molar-refractivity contribution in [3.63, 3.8) is 0 Å². The first-order chi connectivity index (χ1) is 12.8. The highest BCUT2D eigenvalue weighted by atomic mass is 32.1. The number of anilines is 2. The van der Waals surface area contributed by atoms with E-state index in [2.05, 4.69) is 32.4 Å². The van der Waals surface area contributed by atoms with Gasteiger partial charge >= 0.3 is 0 Å². The summed E-state index contributed by atoms with van der Waals surface area (Å²) < 4.78 is 4.88. The van der Waals surface area contributed by atoms with Crippen LogP contribution in [0.4, 0.5) is 11.6 Å². The summed E-state index contributed by atoms with van der Waals surface area (Å²) in [7, 11) is 0. The highest BCUT2D eigenvalue weighted by molar-refractivity contribution is 7.10. The van der Waals surface area contributed by atoms with Crippen LogP contribution in [0.2, 0.25) is 0 Å². The molecule has 2 N–H and O–H groups in total. The van der Waals surface area contributed by atoms with Crippen LogP contribution in [0.15, 0.2) is 63.7 Å². The van der Waals surface area contributed by atoms with E-state index in [9.17, 15) is 4.79 Å². The third-order valence-electron chi connectivity index (χ3n) is 4.91. The van der Waals surface area contributed by atoms with Crippen LogP contribution >= 0.6 is 11.3 Å². The molecule has 5 rings (SSSR count). The molecule has 2 aliphatic rings. The van der Waals surface area contributed by atoms with E-state index in [1.807, 2.05) is 36.4 Å². The van der Waals surface area contributed by atoms with Gasteiger partial charge in [-0.3, -0.25) is 4.79 Å². The van der Waals surface area contributed by atoms with E-state index in [1.165, 1.54) is 4.88 Å². The van der Waals surface area contributed by atoms with E-state index in [0.717, 1.165) is 23.3 Å². The molecule has 3 aromatic rings. The van der Waals surface area contributed by atoms with E-state index in [1.54, 1.807) is 11.3 Å². The van der Waals surface area contributed by atoms with E-state index >= 15 is 0 Å². The summed E-state index contributed by atoms with van der Waals surface area (Å²) in [6.45, 7) is 0. The van der Waals surface area contributed by atoms with Crippen LogP contribution in [-0.2, 0) is 4.79 Å². The zero-order chi connectivity index (χ0) is 17.5. The fourth-order valence-corrected chi connectivity index (χ4v) is 4.55. The number of aromatic nitrogens is 2. The molecule has 26 heavy (non-hydrogen) atoms. The number of Topliss-reactive ketones (excluding diaryl/α,β-unsaturated/α-hetero) is 1. The number of nitrogens with one attached hydrogen (secondary N) is 2.